The van der Waals surface area contributed by atoms with E-state index < -0.39 is 0 Å². The van der Waals surface area contributed by atoms with Crippen LogP contribution in [0, 0.1) is 0 Å². The van der Waals surface area contributed by atoms with Gasteiger partial charge in [0.2, 0.25) is 0 Å². The fraction of sp³-hybridized carbons (Fsp3) is 0.357. The van der Waals surface area contributed by atoms with E-state index in [2.05, 4.69) is 117 Å². The van der Waals surface area contributed by atoms with Crippen molar-refractivity contribution in [2.75, 3.05) is 0 Å². The lowest BCUT2D eigenvalue weighted by Gasteiger charge is -2.32. The molecular weight excluding hydrogens is 409 g/mol. The first kappa shape index (κ1) is 22.8. The lowest BCUT2D eigenvalue weighted by molar-refractivity contribution is 0.548. The number of fused-ring (bicyclic) bond motifs is 1. The predicted octanol–water partition coefficient (Wildman–Crippen LogP) is 6.58. The van der Waals surface area contributed by atoms with Gasteiger partial charge in [0, 0.05) is 6.54 Å². The van der Waals surface area contributed by atoms with E-state index in [-0.39, 0.29) is 14.0 Å². The molecule has 0 spiro atoms. The first-order valence-electron chi connectivity index (χ1n) is 11.7. The highest BCUT2D eigenvalue weighted by Gasteiger charge is 2.20. The smallest absolute Gasteiger partial charge is 0.124 e. The lowest BCUT2D eigenvalue weighted by Crippen LogP contribution is -2.25. The highest BCUT2D eigenvalue weighted by Crippen LogP contribution is 2.46. The molecule has 0 bridgehead atoms. The molecule has 3 aromatic carbocycles. The number of hydrogen-bond donors (Lipinski definition) is 1. The Morgan fingerprint density at radius 3 is 2.28 bits per heavy atom. The standard InChI is InChI=1S/C28H35N3P/c1-20(2)32(21(3)4)27-17-11-14-24(27)22(5)29-18-28-30-25-15-9-10-16-26(25)31(28)19-23-12-7-6-8-13-23/h6-17,20-22,29H,18-19H2,1-5H3/q-1/t22-/m0/s1. The molecule has 0 unspecified atom stereocenters. The fourth-order valence-corrected chi connectivity index (χ4v) is 7.87. The summed E-state index contributed by atoms with van der Waals surface area (Å²) in [7, 11) is -0.172. The topological polar surface area (TPSA) is 29.9 Å². The highest BCUT2D eigenvalue weighted by atomic mass is 31.1. The molecule has 1 heterocycles. The van der Waals surface area contributed by atoms with Gasteiger partial charge in [0.15, 0.2) is 0 Å². The Kier molecular flexibility index (Phi) is 7.18. The van der Waals surface area contributed by atoms with Crippen molar-refractivity contribution < 1.29 is 0 Å². The molecule has 0 fully saturated rings. The Bertz CT molecular complexity index is 1130. The Morgan fingerprint density at radius 2 is 1.56 bits per heavy atom. The van der Waals surface area contributed by atoms with E-state index in [1.165, 1.54) is 16.6 Å². The molecule has 168 valence electrons. The van der Waals surface area contributed by atoms with Crippen LogP contribution in [-0.4, -0.2) is 20.9 Å². The summed E-state index contributed by atoms with van der Waals surface area (Å²) in [6.07, 6.45) is 0. The van der Waals surface area contributed by atoms with E-state index >= 15 is 0 Å². The molecule has 0 aliphatic heterocycles. The summed E-state index contributed by atoms with van der Waals surface area (Å²) in [4.78, 5) is 4.98. The summed E-state index contributed by atoms with van der Waals surface area (Å²) < 4.78 is 2.35. The van der Waals surface area contributed by atoms with E-state index in [4.69, 9.17) is 4.98 Å². The maximum Gasteiger partial charge on any atom is 0.124 e. The van der Waals surface area contributed by atoms with Crippen molar-refractivity contribution >= 4 is 24.3 Å². The van der Waals surface area contributed by atoms with Gasteiger partial charge < -0.3 is 9.88 Å². The van der Waals surface area contributed by atoms with Gasteiger partial charge in [0.05, 0.1) is 17.6 Å². The molecule has 0 aliphatic rings. The molecule has 0 aliphatic carbocycles. The quantitative estimate of drug-likeness (QED) is 0.233. The van der Waals surface area contributed by atoms with E-state index in [1.54, 1.807) is 5.30 Å². The number of para-hydroxylation sites is 2. The van der Waals surface area contributed by atoms with Crippen LogP contribution in [0.2, 0.25) is 0 Å². The Labute approximate surface area is 194 Å². The third kappa shape index (κ3) is 4.85. The molecule has 1 aromatic heterocycles. The zero-order valence-electron chi connectivity index (χ0n) is 19.9. The van der Waals surface area contributed by atoms with Crippen LogP contribution in [0.15, 0.2) is 72.8 Å². The summed E-state index contributed by atoms with van der Waals surface area (Å²) >= 11 is 0. The van der Waals surface area contributed by atoms with Crippen molar-refractivity contribution in [3.05, 3.63) is 89.7 Å². The minimum absolute atomic E-state index is 0.172. The molecule has 3 nitrogen and oxygen atoms in total. The summed E-state index contributed by atoms with van der Waals surface area (Å²) in [6, 6.07) is 26.3. The number of benzene rings is 2. The van der Waals surface area contributed by atoms with E-state index in [0.29, 0.717) is 11.3 Å². The number of hydrogen-bond acceptors (Lipinski definition) is 2. The van der Waals surface area contributed by atoms with Gasteiger partial charge in [-0.1, -0.05) is 85.0 Å². The molecule has 4 rings (SSSR count). The minimum atomic E-state index is -0.172. The molecule has 4 heteroatoms. The average Bonchev–Trinajstić information content (AvgIpc) is 3.38. The second-order valence-corrected chi connectivity index (χ2v) is 12.5. The summed E-state index contributed by atoms with van der Waals surface area (Å²) in [5.41, 5.74) is 6.37. The minimum Gasteiger partial charge on any atom is -0.322 e. The number of rotatable bonds is 9. The van der Waals surface area contributed by atoms with Crippen molar-refractivity contribution in [2.45, 2.75) is 65.1 Å². The van der Waals surface area contributed by atoms with Gasteiger partial charge in [0.25, 0.3) is 0 Å². The number of imidazole rings is 1. The largest absolute Gasteiger partial charge is 0.322 e. The van der Waals surface area contributed by atoms with Gasteiger partial charge in [-0.2, -0.15) is 6.07 Å². The monoisotopic (exact) mass is 444 g/mol. The molecule has 1 atom stereocenters. The number of aromatic nitrogens is 2. The molecule has 4 aromatic rings. The maximum absolute atomic E-state index is 4.98. The SMILES string of the molecule is CC(C)P(c1ccc[c-]1[C@H](C)NCc1nc2ccccc2n1Cc1ccccc1)C(C)C. The highest BCUT2D eigenvalue weighted by molar-refractivity contribution is 7.67. The molecular formula is C28H35N3P-. The van der Waals surface area contributed by atoms with Gasteiger partial charge in [-0.05, 0) is 35.1 Å². The third-order valence-corrected chi connectivity index (χ3v) is 9.36. The molecule has 0 radical (unpaired) electrons. The Hall–Kier alpha value is -2.35. The van der Waals surface area contributed by atoms with Crippen molar-refractivity contribution in [1.82, 2.24) is 14.9 Å². The van der Waals surface area contributed by atoms with Crippen LogP contribution in [0.4, 0.5) is 0 Å². The van der Waals surface area contributed by atoms with Crippen LogP contribution in [0.5, 0.6) is 0 Å². The van der Waals surface area contributed by atoms with Crippen LogP contribution in [0.3, 0.4) is 0 Å². The van der Waals surface area contributed by atoms with E-state index in [0.717, 1.165) is 24.4 Å². The summed E-state index contributed by atoms with van der Waals surface area (Å²) in [5.74, 6) is 1.09. The Balaban J connectivity index is 1.58. The zero-order valence-corrected chi connectivity index (χ0v) is 20.8. The van der Waals surface area contributed by atoms with Crippen LogP contribution < -0.4 is 10.6 Å². The van der Waals surface area contributed by atoms with Gasteiger partial charge >= 0.3 is 0 Å². The molecule has 1 N–H and O–H groups in total. The predicted molar refractivity (Wildman–Crippen MR) is 139 cm³/mol. The Morgan fingerprint density at radius 1 is 0.875 bits per heavy atom. The van der Waals surface area contributed by atoms with Gasteiger partial charge in [-0.3, -0.25) is 0 Å². The fourth-order valence-electron chi connectivity index (χ4n) is 4.74. The van der Waals surface area contributed by atoms with Crippen LogP contribution in [0.1, 0.15) is 57.6 Å². The van der Waals surface area contributed by atoms with E-state index in [1.807, 2.05) is 0 Å². The number of nitrogens with one attached hydrogen (secondary N) is 1. The molecule has 32 heavy (non-hydrogen) atoms. The van der Waals surface area contributed by atoms with Gasteiger partial charge in [0.1, 0.15) is 5.82 Å². The maximum atomic E-state index is 4.98. The molecule has 0 saturated carbocycles. The molecule has 0 amide bonds. The zero-order chi connectivity index (χ0) is 22.7. The average molecular weight is 445 g/mol. The van der Waals surface area contributed by atoms with Crippen LogP contribution in [-0.2, 0) is 13.1 Å². The van der Waals surface area contributed by atoms with Crippen molar-refractivity contribution in [1.29, 1.82) is 0 Å². The second-order valence-electron chi connectivity index (χ2n) is 9.15. The van der Waals surface area contributed by atoms with E-state index in [9.17, 15) is 0 Å². The van der Waals surface area contributed by atoms with Crippen molar-refractivity contribution in [2.24, 2.45) is 0 Å². The van der Waals surface area contributed by atoms with Crippen LogP contribution in [0.25, 0.3) is 11.0 Å². The summed E-state index contributed by atoms with van der Waals surface area (Å²) in [5, 5.41) is 5.35. The molecule has 0 saturated heterocycles. The van der Waals surface area contributed by atoms with Crippen molar-refractivity contribution in [3.8, 4) is 0 Å². The van der Waals surface area contributed by atoms with Gasteiger partial charge in [-0.15, -0.1) is 10.9 Å². The normalized spacial score (nSPS) is 13.0. The van der Waals surface area contributed by atoms with Crippen molar-refractivity contribution in [3.63, 3.8) is 0 Å². The van der Waals surface area contributed by atoms with Gasteiger partial charge in [-0.25, -0.2) is 17.1 Å². The first-order chi connectivity index (χ1) is 15.5. The third-order valence-electron chi connectivity index (χ3n) is 6.17. The number of nitrogens with zero attached hydrogens (tertiary/aromatic N) is 2. The second kappa shape index (κ2) is 10.1. The summed E-state index contributed by atoms with van der Waals surface area (Å²) in [6.45, 7) is 13.3. The lowest BCUT2D eigenvalue weighted by atomic mass is 10.2. The first-order valence-corrected chi connectivity index (χ1v) is 13.2. The van der Waals surface area contributed by atoms with Crippen LogP contribution >= 0.6 is 7.92 Å².